The van der Waals surface area contributed by atoms with Gasteiger partial charge in [0.05, 0.1) is 0 Å². The van der Waals surface area contributed by atoms with E-state index < -0.39 is 8.80 Å². The van der Waals surface area contributed by atoms with Gasteiger partial charge in [0.25, 0.3) is 0 Å². The molecule has 1 rings (SSSR count). The van der Waals surface area contributed by atoms with Crippen LogP contribution in [0.1, 0.15) is 60.8 Å². The molecule has 0 aliphatic carbocycles. The molecule has 0 bridgehead atoms. The minimum atomic E-state index is -2.87. The van der Waals surface area contributed by atoms with E-state index in [1.54, 1.807) is 0 Å². The molecule has 0 spiro atoms. The SMILES string of the molecule is CC(C)CCO[Si](OCCC(C)C)(OCCC(C)C)c1ccccc1. The maximum absolute atomic E-state index is 6.38. The largest absolute Gasteiger partial charge is 0.537 e. The number of hydrogen-bond acceptors (Lipinski definition) is 3. The van der Waals surface area contributed by atoms with Crippen molar-refractivity contribution in [1.82, 2.24) is 0 Å². The first kappa shape index (κ1) is 22.4. The average molecular weight is 367 g/mol. The molecule has 0 heterocycles. The number of rotatable bonds is 13. The van der Waals surface area contributed by atoms with E-state index >= 15 is 0 Å². The van der Waals surface area contributed by atoms with Gasteiger partial charge in [-0.05, 0) is 37.0 Å². The number of hydrogen-bond donors (Lipinski definition) is 0. The van der Waals surface area contributed by atoms with Crippen molar-refractivity contribution in [2.75, 3.05) is 19.8 Å². The highest BCUT2D eigenvalue weighted by Gasteiger charge is 2.44. The highest BCUT2D eigenvalue weighted by Crippen LogP contribution is 2.16. The minimum absolute atomic E-state index is 0.605. The first-order chi connectivity index (χ1) is 11.9. The second kappa shape index (κ2) is 11.8. The molecule has 1 aromatic carbocycles. The van der Waals surface area contributed by atoms with Gasteiger partial charge in [-0.2, -0.15) is 0 Å². The van der Waals surface area contributed by atoms with Gasteiger partial charge in [-0.1, -0.05) is 71.9 Å². The Hall–Kier alpha value is -0.683. The summed E-state index contributed by atoms with van der Waals surface area (Å²) < 4.78 is 19.2. The van der Waals surface area contributed by atoms with Crippen LogP contribution in [0.15, 0.2) is 30.3 Å². The van der Waals surface area contributed by atoms with Gasteiger partial charge in [-0.3, -0.25) is 0 Å². The molecule has 0 N–H and O–H groups in total. The molecular formula is C21H38O3Si. The Morgan fingerprint density at radius 2 is 1.00 bits per heavy atom. The second-order valence-electron chi connectivity index (χ2n) is 8.02. The van der Waals surface area contributed by atoms with Crippen LogP contribution in [-0.4, -0.2) is 28.6 Å². The van der Waals surface area contributed by atoms with Crippen LogP contribution < -0.4 is 5.19 Å². The standard InChI is InChI=1S/C21H38O3Si/c1-18(2)12-15-22-25(23-16-13-19(3)4,24-17-14-20(5)6)21-10-8-7-9-11-21/h7-11,18-20H,12-17H2,1-6H3. The van der Waals surface area contributed by atoms with Crippen LogP contribution in [0.4, 0.5) is 0 Å². The lowest BCUT2D eigenvalue weighted by Crippen LogP contribution is -2.57. The van der Waals surface area contributed by atoms with Crippen LogP contribution in [0.2, 0.25) is 0 Å². The zero-order valence-corrected chi connectivity index (χ0v) is 18.1. The molecule has 0 unspecified atom stereocenters. The van der Waals surface area contributed by atoms with Crippen LogP contribution in [0.5, 0.6) is 0 Å². The van der Waals surface area contributed by atoms with Crippen molar-refractivity contribution >= 4 is 14.0 Å². The van der Waals surface area contributed by atoms with Crippen molar-refractivity contribution in [3.05, 3.63) is 30.3 Å². The smallest absolute Gasteiger partial charge is 0.370 e. The topological polar surface area (TPSA) is 27.7 Å². The van der Waals surface area contributed by atoms with Crippen molar-refractivity contribution < 1.29 is 13.3 Å². The molecule has 0 aromatic heterocycles. The molecule has 3 nitrogen and oxygen atoms in total. The van der Waals surface area contributed by atoms with Crippen LogP contribution in [-0.2, 0) is 13.3 Å². The zero-order chi connectivity index (χ0) is 18.7. The fraction of sp³-hybridized carbons (Fsp3) is 0.714. The van der Waals surface area contributed by atoms with E-state index in [0.717, 1.165) is 24.4 Å². The van der Waals surface area contributed by atoms with Gasteiger partial charge < -0.3 is 13.3 Å². The Morgan fingerprint density at radius 3 is 1.32 bits per heavy atom. The predicted molar refractivity (Wildman–Crippen MR) is 108 cm³/mol. The van der Waals surface area contributed by atoms with E-state index in [0.29, 0.717) is 37.6 Å². The summed E-state index contributed by atoms with van der Waals surface area (Å²) in [7, 11) is -2.87. The molecule has 0 saturated carbocycles. The van der Waals surface area contributed by atoms with Gasteiger partial charge in [0, 0.05) is 25.0 Å². The molecular weight excluding hydrogens is 328 g/mol. The molecule has 0 saturated heterocycles. The summed E-state index contributed by atoms with van der Waals surface area (Å²) in [5, 5.41) is 1.08. The van der Waals surface area contributed by atoms with Crippen molar-refractivity contribution in [1.29, 1.82) is 0 Å². The minimum Gasteiger partial charge on any atom is -0.370 e. The van der Waals surface area contributed by atoms with Crippen LogP contribution >= 0.6 is 0 Å². The Labute approximate surface area is 156 Å². The number of benzene rings is 1. The lowest BCUT2D eigenvalue weighted by atomic mass is 10.2. The van der Waals surface area contributed by atoms with Gasteiger partial charge in [-0.15, -0.1) is 0 Å². The quantitative estimate of drug-likeness (QED) is 0.459. The van der Waals surface area contributed by atoms with E-state index in [2.05, 4.69) is 53.7 Å². The molecule has 144 valence electrons. The molecule has 25 heavy (non-hydrogen) atoms. The third-order valence-corrected chi connectivity index (χ3v) is 6.88. The van der Waals surface area contributed by atoms with Gasteiger partial charge in [0.1, 0.15) is 0 Å². The van der Waals surface area contributed by atoms with Gasteiger partial charge in [0.15, 0.2) is 0 Å². The monoisotopic (exact) mass is 366 g/mol. The van der Waals surface area contributed by atoms with Crippen LogP contribution in [0.25, 0.3) is 0 Å². The molecule has 0 atom stereocenters. The molecule has 0 aliphatic rings. The third kappa shape index (κ3) is 9.00. The Bertz CT molecular complexity index is 410. The summed E-state index contributed by atoms with van der Waals surface area (Å²) in [5.41, 5.74) is 0. The summed E-state index contributed by atoms with van der Waals surface area (Å²) in [6.07, 6.45) is 3.05. The maximum Gasteiger partial charge on any atom is 0.537 e. The van der Waals surface area contributed by atoms with Crippen molar-refractivity contribution in [2.45, 2.75) is 60.8 Å². The molecule has 1 aromatic rings. The Kier molecular flexibility index (Phi) is 10.6. The van der Waals surface area contributed by atoms with Crippen molar-refractivity contribution in [2.24, 2.45) is 17.8 Å². The fourth-order valence-corrected chi connectivity index (χ4v) is 4.81. The van der Waals surface area contributed by atoms with E-state index in [9.17, 15) is 0 Å². The first-order valence-corrected chi connectivity index (χ1v) is 11.6. The van der Waals surface area contributed by atoms with Crippen molar-refractivity contribution in [3.8, 4) is 0 Å². The summed E-state index contributed by atoms with van der Waals surface area (Å²) in [5.74, 6) is 1.82. The highest BCUT2D eigenvalue weighted by atomic mass is 28.4. The van der Waals surface area contributed by atoms with Gasteiger partial charge in [0.2, 0.25) is 0 Å². The molecule has 0 radical (unpaired) electrons. The van der Waals surface area contributed by atoms with Crippen LogP contribution in [0, 0.1) is 17.8 Å². The first-order valence-electron chi connectivity index (χ1n) is 9.83. The van der Waals surface area contributed by atoms with Gasteiger partial charge >= 0.3 is 8.80 Å². The normalized spacial score (nSPS) is 12.5. The third-order valence-electron chi connectivity index (χ3n) is 4.09. The van der Waals surface area contributed by atoms with E-state index in [4.69, 9.17) is 13.3 Å². The van der Waals surface area contributed by atoms with Gasteiger partial charge in [-0.25, -0.2) is 0 Å². The maximum atomic E-state index is 6.38. The predicted octanol–water partition coefficient (Wildman–Crippen LogP) is 5.02. The Morgan fingerprint density at radius 1 is 0.640 bits per heavy atom. The molecule has 0 fully saturated rings. The summed E-state index contributed by atoms with van der Waals surface area (Å²) >= 11 is 0. The zero-order valence-electron chi connectivity index (χ0n) is 17.1. The molecule has 0 aliphatic heterocycles. The molecule has 4 heteroatoms. The van der Waals surface area contributed by atoms with E-state index in [1.165, 1.54) is 0 Å². The van der Waals surface area contributed by atoms with Crippen LogP contribution in [0.3, 0.4) is 0 Å². The summed E-state index contributed by atoms with van der Waals surface area (Å²) in [6.45, 7) is 15.3. The average Bonchev–Trinajstić information content (AvgIpc) is 2.54. The summed E-state index contributed by atoms with van der Waals surface area (Å²) in [4.78, 5) is 0. The highest BCUT2D eigenvalue weighted by molar-refractivity contribution is 6.75. The lowest BCUT2D eigenvalue weighted by Gasteiger charge is -2.31. The van der Waals surface area contributed by atoms with E-state index in [1.807, 2.05) is 18.2 Å². The Balaban J connectivity index is 2.93. The second-order valence-corrected chi connectivity index (χ2v) is 10.6. The fourth-order valence-electron chi connectivity index (χ4n) is 2.30. The lowest BCUT2D eigenvalue weighted by molar-refractivity contribution is 0.0634. The van der Waals surface area contributed by atoms with E-state index in [-0.39, 0.29) is 0 Å². The molecule has 0 amide bonds. The van der Waals surface area contributed by atoms with Crippen molar-refractivity contribution in [3.63, 3.8) is 0 Å². The summed E-state index contributed by atoms with van der Waals surface area (Å²) in [6, 6.07) is 10.3.